The minimum atomic E-state index is -0.409. The van der Waals surface area contributed by atoms with Crippen molar-refractivity contribution in [1.29, 1.82) is 5.26 Å². The van der Waals surface area contributed by atoms with Gasteiger partial charge in [-0.1, -0.05) is 25.0 Å². The number of nitrogens with one attached hydrogen (secondary N) is 1. The number of terminal acetylenes is 1. The van der Waals surface area contributed by atoms with Gasteiger partial charge in [-0.2, -0.15) is 5.26 Å². The quantitative estimate of drug-likeness (QED) is 0.549. The number of ether oxygens (including phenoxy) is 2. The minimum Gasteiger partial charge on any atom is -0.478 e. The summed E-state index contributed by atoms with van der Waals surface area (Å²) in [6.07, 6.45) is 6.39. The molecular weight excluding hydrogens is 368 g/mol. The zero-order valence-electron chi connectivity index (χ0n) is 16.9. The van der Waals surface area contributed by atoms with Crippen LogP contribution in [0, 0.1) is 37.5 Å². The van der Waals surface area contributed by atoms with Crippen LogP contribution in [0.2, 0.25) is 0 Å². The van der Waals surface area contributed by atoms with Gasteiger partial charge in [0.25, 0.3) is 5.56 Å². The van der Waals surface area contributed by atoms with E-state index in [1.165, 1.54) is 0 Å². The van der Waals surface area contributed by atoms with Crippen LogP contribution >= 0.6 is 0 Å². The fraction of sp³-hybridized carbons (Fsp3) is 0.348. The molecule has 1 heterocycles. The number of hydrogen-bond donors (Lipinski definition) is 1. The van der Waals surface area contributed by atoms with Gasteiger partial charge in [-0.15, -0.1) is 6.42 Å². The molecule has 0 aliphatic rings. The number of carbonyl (C=O) groups excluding carboxylic acids is 1. The second kappa shape index (κ2) is 10.1. The lowest BCUT2D eigenvalue weighted by atomic mass is 9.99. The molecule has 0 aliphatic heterocycles. The number of hydrogen-bond acceptors (Lipinski definition) is 5. The summed E-state index contributed by atoms with van der Waals surface area (Å²) in [5, 5.41) is 9.12. The lowest BCUT2D eigenvalue weighted by Gasteiger charge is -2.12. The van der Waals surface area contributed by atoms with Crippen molar-refractivity contribution in [3.63, 3.8) is 0 Å². The van der Waals surface area contributed by atoms with E-state index in [1.807, 2.05) is 25.1 Å². The maximum Gasteiger partial charge on any atom is 0.306 e. The molecule has 2 rings (SSSR count). The second-order valence-corrected chi connectivity index (χ2v) is 6.66. The van der Waals surface area contributed by atoms with Gasteiger partial charge in [0.05, 0.1) is 0 Å². The lowest BCUT2D eigenvalue weighted by molar-refractivity contribution is -0.144. The zero-order valence-corrected chi connectivity index (χ0v) is 16.9. The van der Waals surface area contributed by atoms with Crippen molar-refractivity contribution in [2.24, 2.45) is 0 Å². The maximum atomic E-state index is 12.1. The number of nitriles is 1. The van der Waals surface area contributed by atoms with Gasteiger partial charge in [-0.3, -0.25) is 9.59 Å². The van der Waals surface area contributed by atoms with Gasteiger partial charge < -0.3 is 14.5 Å². The van der Waals surface area contributed by atoms with E-state index in [2.05, 4.69) is 10.9 Å². The molecule has 0 spiro atoms. The number of benzene rings is 1. The monoisotopic (exact) mass is 392 g/mol. The minimum absolute atomic E-state index is 0.0800. The van der Waals surface area contributed by atoms with Crippen molar-refractivity contribution < 1.29 is 14.3 Å². The Morgan fingerprint density at radius 2 is 1.97 bits per heavy atom. The third-order valence-corrected chi connectivity index (χ3v) is 4.66. The van der Waals surface area contributed by atoms with Gasteiger partial charge in [-0.25, -0.2) is 0 Å². The van der Waals surface area contributed by atoms with Crippen molar-refractivity contribution in [3.8, 4) is 24.2 Å². The topological polar surface area (TPSA) is 92.2 Å². The van der Waals surface area contributed by atoms with Crippen molar-refractivity contribution in [3.05, 3.63) is 62.6 Å². The van der Waals surface area contributed by atoms with E-state index in [9.17, 15) is 9.59 Å². The molecule has 1 aromatic carbocycles. The second-order valence-electron chi connectivity index (χ2n) is 6.66. The fourth-order valence-corrected chi connectivity index (χ4v) is 2.95. The molecule has 29 heavy (non-hydrogen) atoms. The van der Waals surface area contributed by atoms with Crippen LogP contribution < -0.4 is 10.3 Å². The number of H-pyrrole nitrogens is 1. The molecule has 0 saturated carbocycles. The Kier molecular flexibility index (Phi) is 7.62. The normalized spacial score (nSPS) is 11.2. The number of nitrogens with zero attached hydrogens (tertiary/aromatic N) is 1. The van der Waals surface area contributed by atoms with Crippen molar-refractivity contribution in [2.45, 2.75) is 52.7 Å². The number of esters is 1. The Balaban J connectivity index is 1.91. The first-order valence-corrected chi connectivity index (χ1v) is 9.39. The average molecular weight is 392 g/mol. The number of carbonyl (C=O) groups is 1. The SMILES string of the molecule is C#CC(CC)Oc1ccc(COC(=O)CCc2c(C)[nH]c(=O)c(C#N)c2C)cc1. The van der Waals surface area contributed by atoms with Crippen LogP contribution in [0.4, 0.5) is 0 Å². The summed E-state index contributed by atoms with van der Waals surface area (Å²) in [6, 6.07) is 9.13. The molecule has 150 valence electrons. The van der Waals surface area contributed by atoms with Crippen LogP contribution in [0.25, 0.3) is 0 Å². The summed E-state index contributed by atoms with van der Waals surface area (Å²) in [4.78, 5) is 26.5. The van der Waals surface area contributed by atoms with Gasteiger partial charge in [0.15, 0.2) is 6.10 Å². The summed E-state index contributed by atoms with van der Waals surface area (Å²) in [6.45, 7) is 5.57. The van der Waals surface area contributed by atoms with E-state index in [1.54, 1.807) is 26.0 Å². The van der Waals surface area contributed by atoms with E-state index in [0.717, 1.165) is 17.5 Å². The summed E-state index contributed by atoms with van der Waals surface area (Å²) in [7, 11) is 0. The maximum absolute atomic E-state index is 12.1. The molecule has 0 aliphatic carbocycles. The standard InChI is InChI=1S/C23H24N2O4/c1-5-18(6-2)29-19-9-7-17(8-10-19)14-28-22(26)12-11-20-15(3)21(13-24)23(27)25-16(20)4/h1,7-10,18H,6,11-12,14H2,2-4H3,(H,25,27). The lowest BCUT2D eigenvalue weighted by Crippen LogP contribution is -2.17. The molecule has 6 nitrogen and oxygen atoms in total. The Labute approximate surface area is 170 Å². The van der Waals surface area contributed by atoms with Gasteiger partial charge in [-0.05, 0) is 55.5 Å². The number of aryl methyl sites for hydroxylation is 1. The van der Waals surface area contributed by atoms with E-state index >= 15 is 0 Å². The van der Waals surface area contributed by atoms with Gasteiger partial charge >= 0.3 is 5.97 Å². The molecule has 0 saturated heterocycles. The predicted molar refractivity (Wildman–Crippen MR) is 109 cm³/mol. The van der Waals surface area contributed by atoms with Crippen LogP contribution in [-0.4, -0.2) is 17.1 Å². The Bertz CT molecular complexity index is 1010. The first kappa shape index (κ1) is 21.8. The Morgan fingerprint density at radius 3 is 2.55 bits per heavy atom. The Morgan fingerprint density at radius 1 is 1.28 bits per heavy atom. The van der Waals surface area contributed by atoms with Crippen LogP contribution in [0.3, 0.4) is 0 Å². The van der Waals surface area contributed by atoms with Crippen LogP contribution in [0.5, 0.6) is 5.75 Å². The zero-order chi connectivity index (χ0) is 21.4. The van der Waals surface area contributed by atoms with Crippen LogP contribution in [-0.2, 0) is 22.6 Å². The number of aromatic nitrogens is 1. The largest absolute Gasteiger partial charge is 0.478 e. The highest BCUT2D eigenvalue weighted by Crippen LogP contribution is 2.17. The van der Waals surface area contributed by atoms with Crippen LogP contribution in [0.1, 0.15) is 47.7 Å². The number of aromatic amines is 1. The predicted octanol–water partition coefficient (Wildman–Crippen LogP) is 3.33. The third kappa shape index (κ3) is 5.73. The first-order chi connectivity index (χ1) is 13.9. The summed E-state index contributed by atoms with van der Waals surface area (Å²) < 4.78 is 11.0. The third-order valence-electron chi connectivity index (χ3n) is 4.66. The van der Waals surface area contributed by atoms with Gasteiger partial charge in [0.1, 0.15) is 24.0 Å². The summed E-state index contributed by atoms with van der Waals surface area (Å²) in [5.41, 5.74) is 2.56. The highest BCUT2D eigenvalue weighted by Gasteiger charge is 2.14. The number of pyridine rings is 1. The molecule has 1 aromatic heterocycles. The molecule has 1 unspecified atom stereocenters. The van der Waals surface area contributed by atoms with E-state index in [-0.39, 0.29) is 30.7 Å². The molecule has 2 aromatic rings. The molecule has 0 radical (unpaired) electrons. The van der Waals surface area contributed by atoms with Crippen LogP contribution in [0.15, 0.2) is 29.1 Å². The Hall–Kier alpha value is -3.51. The van der Waals surface area contributed by atoms with Crippen molar-refractivity contribution in [2.75, 3.05) is 0 Å². The smallest absolute Gasteiger partial charge is 0.306 e. The van der Waals surface area contributed by atoms with Gasteiger partial charge in [0, 0.05) is 12.1 Å². The summed E-state index contributed by atoms with van der Waals surface area (Å²) >= 11 is 0. The molecule has 6 heteroatoms. The molecular formula is C23H24N2O4. The molecule has 0 fully saturated rings. The van der Waals surface area contributed by atoms with Crippen molar-refractivity contribution >= 4 is 5.97 Å². The summed E-state index contributed by atoms with van der Waals surface area (Å²) in [5.74, 6) is 2.89. The number of rotatable bonds is 8. The average Bonchev–Trinajstić information content (AvgIpc) is 2.71. The van der Waals surface area contributed by atoms with Crippen molar-refractivity contribution in [1.82, 2.24) is 4.98 Å². The molecule has 1 atom stereocenters. The van der Waals surface area contributed by atoms with E-state index < -0.39 is 5.56 Å². The fourth-order valence-electron chi connectivity index (χ4n) is 2.95. The highest BCUT2D eigenvalue weighted by molar-refractivity contribution is 5.70. The highest BCUT2D eigenvalue weighted by atomic mass is 16.5. The molecule has 0 bridgehead atoms. The van der Waals surface area contributed by atoms with E-state index in [0.29, 0.717) is 23.4 Å². The van der Waals surface area contributed by atoms with Gasteiger partial charge in [0.2, 0.25) is 0 Å². The van der Waals surface area contributed by atoms with E-state index in [4.69, 9.17) is 21.2 Å². The first-order valence-electron chi connectivity index (χ1n) is 9.39. The molecule has 1 N–H and O–H groups in total. The molecule has 0 amide bonds.